The Labute approximate surface area is 115 Å². The highest BCUT2D eigenvalue weighted by Crippen LogP contribution is 2.15. The van der Waals surface area contributed by atoms with Gasteiger partial charge >= 0.3 is 0 Å². The molecule has 1 aliphatic rings. The number of hydrogen-bond acceptors (Lipinski definition) is 2. The number of likely N-dealkylation sites (tertiary alicyclic amines) is 1. The van der Waals surface area contributed by atoms with Gasteiger partial charge in [-0.25, -0.2) is 0 Å². The number of nitrogens with zero attached hydrogens (tertiary/aromatic N) is 1. The van der Waals surface area contributed by atoms with Crippen molar-refractivity contribution in [3.63, 3.8) is 0 Å². The summed E-state index contributed by atoms with van der Waals surface area (Å²) in [4.78, 5) is 14.0. The van der Waals surface area contributed by atoms with E-state index in [-0.39, 0.29) is 5.91 Å². The van der Waals surface area contributed by atoms with Gasteiger partial charge in [0.05, 0.1) is 0 Å². The van der Waals surface area contributed by atoms with Crippen molar-refractivity contribution in [2.75, 3.05) is 18.8 Å². The van der Waals surface area contributed by atoms with E-state index in [1.807, 2.05) is 36.1 Å². The minimum Gasteiger partial charge on any atom is -0.398 e. The zero-order valence-corrected chi connectivity index (χ0v) is 11.6. The van der Waals surface area contributed by atoms with Crippen LogP contribution in [0.2, 0.25) is 0 Å². The van der Waals surface area contributed by atoms with Gasteiger partial charge in [0, 0.05) is 24.9 Å². The van der Waals surface area contributed by atoms with Crippen molar-refractivity contribution in [2.45, 2.75) is 32.6 Å². The van der Waals surface area contributed by atoms with Gasteiger partial charge in [0.2, 0.25) is 5.91 Å². The van der Waals surface area contributed by atoms with Crippen LogP contribution in [0.25, 0.3) is 6.08 Å². The first-order valence-corrected chi connectivity index (χ1v) is 7.00. The second-order valence-electron chi connectivity index (χ2n) is 5.19. The minimum absolute atomic E-state index is 0.112. The van der Waals surface area contributed by atoms with Gasteiger partial charge in [-0.15, -0.1) is 0 Å². The molecule has 0 aliphatic carbocycles. The van der Waals surface area contributed by atoms with Gasteiger partial charge in [-0.1, -0.05) is 25.0 Å². The van der Waals surface area contributed by atoms with Gasteiger partial charge in [0.25, 0.3) is 0 Å². The Morgan fingerprint density at radius 2 is 1.89 bits per heavy atom. The van der Waals surface area contributed by atoms with Crippen LogP contribution in [0.1, 0.15) is 36.8 Å². The number of carbonyl (C=O) groups is 1. The summed E-state index contributed by atoms with van der Waals surface area (Å²) in [5.41, 5.74) is 8.67. The molecule has 1 aliphatic heterocycles. The molecule has 2 N–H and O–H groups in total. The second kappa shape index (κ2) is 6.41. The molecule has 0 radical (unpaired) electrons. The molecule has 0 bridgehead atoms. The normalized spacial score (nSPS) is 16.6. The predicted molar refractivity (Wildman–Crippen MR) is 79.7 cm³/mol. The quantitative estimate of drug-likeness (QED) is 0.654. The number of amides is 1. The summed E-state index contributed by atoms with van der Waals surface area (Å²) < 4.78 is 0. The summed E-state index contributed by atoms with van der Waals surface area (Å²) in [5, 5.41) is 0. The van der Waals surface area contributed by atoms with Gasteiger partial charge in [-0.05, 0) is 43.0 Å². The lowest BCUT2D eigenvalue weighted by atomic mass is 10.1. The molecular formula is C16H22N2O. The monoisotopic (exact) mass is 258 g/mol. The first kappa shape index (κ1) is 13.7. The summed E-state index contributed by atoms with van der Waals surface area (Å²) in [5.74, 6) is 0.112. The molecule has 0 aromatic heterocycles. The van der Waals surface area contributed by atoms with E-state index in [0.29, 0.717) is 0 Å². The van der Waals surface area contributed by atoms with Crippen molar-refractivity contribution < 1.29 is 4.79 Å². The van der Waals surface area contributed by atoms with Crippen molar-refractivity contribution in [1.82, 2.24) is 4.90 Å². The standard InChI is InChI=1S/C16H22N2O/c1-13-6-7-14(12-15(13)17)8-9-16(19)18-10-4-2-3-5-11-18/h6-9,12H,2-5,10-11,17H2,1H3/b9-8+. The number of benzene rings is 1. The lowest BCUT2D eigenvalue weighted by molar-refractivity contribution is -0.125. The molecule has 1 saturated heterocycles. The molecule has 1 fully saturated rings. The fourth-order valence-corrected chi connectivity index (χ4v) is 2.33. The van der Waals surface area contributed by atoms with Crippen LogP contribution in [0, 0.1) is 6.92 Å². The number of nitrogens with two attached hydrogens (primary N) is 1. The number of carbonyl (C=O) groups excluding carboxylic acids is 1. The molecule has 102 valence electrons. The molecule has 1 aromatic rings. The molecule has 1 aromatic carbocycles. The Balaban J connectivity index is 2.00. The number of aryl methyl sites for hydroxylation is 1. The Morgan fingerprint density at radius 3 is 2.53 bits per heavy atom. The third-order valence-corrected chi connectivity index (χ3v) is 3.64. The van der Waals surface area contributed by atoms with E-state index in [9.17, 15) is 4.79 Å². The molecule has 3 heteroatoms. The van der Waals surface area contributed by atoms with Crippen LogP contribution in [-0.2, 0) is 4.79 Å². The third kappa shape index (κ3) is 3.85. The lowest BCUT2D eigenvalue weighted by Gasteiger charge is -2.17. The van der Waals surface area contributed by atoms with E-state index in [0.717, 1.165) is 42.7 Å². The van der Waals surface area contributed by atoms with Gasteiger partial charge < -0.3 is 10.6 Å². The van der Waals surface area contributed by atoms with Crippen LogP contribution in [0.15, 0.2) is 24.3 Å². The van der Waals surface area contributed by atoms with Gasteiger partial charge in [-0.2, -0.15) is 0 Å². The molecule has 1 heterocycles. The van der Waals surface area contributed by atoms with Crippen molar-refractivity contribution in [2.24, 2.45) is 0 Å². The summed E-state index contributed by atoms with van der Waals surface area (Å²) in [6.07, 6.45) is 8.23. The Morgan fingerprint density at radius 1 is 1.21 bits per heavy atom. The van der Waals surface area contributed by atoms with Gasteiger partial charge in [0.1, 0.15) is 0 Å². The summed E-state index contributed by atoms with van der Waals surface area (Å²) in [7, 11) is 0. The van der Waals surface area contributed by atoms with Crippen molar-refractivity contribution >= 4 is 17.7 Å². The third-order valence-electron chi connectivity index (χ3n) is 3.64. The summed E-state index contributed by atoms with van der Waals surface area (Å²) in [6.45, 7) is 3.75. The molecule has 0 spiro atoms. The minimum atomic E-state index is 0.112. The Bertz CT molecular complexity index is 472. The maximum atomic E-state index is 12.1. The second-order valence-corrected chi connectivity index (χ2v) is 5.19. The van der Waals surface area contributed by atoms with E-state index in [1.54, 1.807) is 6.08 Å². The summed E-state index contributed by atoms with van der Waals surface area (Å²) >= 11 is 0. The number of nitrogen functional groups attached to an aromatic ring is 1. The molecule has 3 nitrogen and oxygen atoms in total. The van der Waals surface area contributed by atoms with E-state index >= 15 is 0 Å². The van der Waals surface area contributed by atoms with Crippen molar-refractivity contribution in [3.05, 3.63) is 35.4 Å². The van der Waals surface area contributed by atoms with Crippen LogP contribution in [0.3, 0.4) is 0 Å². The highest BCUT2D eigenvalue weighted by atomic mass is 16.2. The lowest BCUT2D eigenvalue weighted by Crippen LogP contribution is -2.30. The maximum Gasteiger partial charge on any atom is 0.246 e. The number of anilines is 1. The van der Waals surface area contributed by atoms with E-state index in [1.165, 1.54) is 12.8 Å². The van der Waals surface area contributed by atoms with Crippen molar-refractivity contribution in [3.8, 4) is 0 Å². The molecule has 19 heavy (non-hydrogen) atoms. The number of hydrogen-bond donors (Lipinski definition) is 1. The average molecular weight is 258 g/mol. The summed E-state index contributed by atoms with van der Waals surface area (Å²) in [6, 6.07) is 5.87. The van der Waals surface area contributed by atoms with Gasteiger partial charge in [0.15, 0.2) is 0 Å². The SMILES string of the molecule is Cc1ccc(/C=C/C(=O)N2CCCCCC2)cc1N. The number of rotatable bonds is 2. The highest BCUT2D eigenvalue weighted by molar-refractivity contribution is 5.91. The van der Waals surface area contributed by atoms with E-state index < -0.39 is 0 Å². The van der Waals surface area contributed by atoms with Crippen LogP contribution >= 0.6 is 0 Å². The Kier molecular flexibility index (Phi) is 4.61. The zero-order chi connectivity index (χ0) is 13.7. The first-order valence-electron chi connectivity index (χ1n) is 7.00. The molecule has 0 unspecified atom stereocenters. The van der Waals surface area contributed by atoms with E-state index in [2.05, 4.69) is 0 Å². The fraction of sp³-hybridized carbons (Fsp3) is 0.438. The molecule has 1 amide bonds. The van der Waals surface area contributed by atoms with Gasteiger partial charge in [-0.3, -0.25) is 4.79 Å². The van der Waals surface area contributed by atoms with Crippen LogP contribution in [-0.4, -0.2) is 23.9 Å². The predicted octanol–water partition coefficient (Wildman–Crippen LogP) is 2.99. The highest BCUT2D eigenvalue weighted by Gasteiger charge is 2.12. The topological polar surface area (TPSA) is 46.3 Å². The van der Waals surface area contributed by atoms with Crippen LogP contribution in [0.5, 0.6) is 0 Å². The largest absolute Gasteiger partial charge is 0.398 e. The Hall–Kier alpha value is -1.77. The smallest absolute Gasteiger partial charge is 0.246 e. The molecule has 0 atom stereocenters. The van der Waals surface area contributed by atoms with Crippen LogP contribution in [0.4, 0.5) is 5.69 Å². The fourth-order valence-electron chi connectivity index (χ4n) is 2.33. The molecule has 0 saturated carbocycles. The maximum absolute atomic E-state index is 12.1. The molecule has 2 rings (SSSR count). The zero-order valence-electron chi connectivity index (χ0n) is 11.6. The van der Waals surface area contributed by atoms with E-state index in [4.69, 9.17) is 5.73 Å². The average Bonchev–Trinajstić information content (AvgIpc) is 2.69. The van der Waals surface area contributed by atoms with Crippen molar-refractivity contribution in [1.29, 1.82) is 0 Å². The first-order chi connectivity index (χ1) is 9.16. The molecular weight excluding hydrogens is 236 g/mol. The van der Waals surface area contributed by atoms with Crippen LogP contribution < -0.4 is 5.73 Å².